The largest absolute Gasteiger partial charge is 0.341 e. The van der Waals surface area contributed by atoms with Gasteiger partial charge in [-0.25, -0.2) is 0 Å². The van der Waals surface area contributed by atoms with Crippen LogP contribution >= 0.6 is 18.7 Å². The molecule has 0 N–H and O–H groups in total. The highest BCUT2D eigenvalue weighted by molar-refractivity contribution is 8.53. The van der Waals surface area contributed by atoms with Gasteiger partial charge in [-0.05, 0) is 31.3 Å². The zero-order valence-electron chi connectivity index (χ0n) is 12.6. The van der Waals surface area contributed by atoms with Crippen molar-refractivity contribution in [3.63, 3.8) is 0 Å². The van der Waals surface area contributed by atoms with Crippen LogP contribution in [0.5, 0.6) is 0 Å². The molecule has 2 unspecified atom stereocenters. The number of hydrogen-bond acceptors (Lipinski definition) is 4. The van der Waals surface area contributed by atoms with E-state index in [1.165, 1.54) is 6.08 Å². The van der Waals surface area contributed by atoms with E-state index < -0.39 is 12.3 Å². The van der Waals surface area contributed by atoms with Crippen LogP contribution in [0.15, 0.2) is 36.1 Å². The Kier molecular flexibility index (Phi) is 11.7. The fourth-order valence-electron chi connectivity index (χ4n) is 1.51. The van der Waals surface area contributed by atoms with Crippen molar-refractivity contribution in [3.8, 4) is 0 Å². The molecule has 6 heteroatoms. The molecule has 0 heterocycles. The summed E-state index contributed by atoms with van der Waals surface area (Å²) < 4.78 is 6.15. The van der Waals surface area contributed by atoms with Crippen LogP contribution in [0, 0.1) is 10.1 Å². The normalized spacial score (nSPS) is 15.9. The Morgan fingerprint density at radius 2 is 2.10 bits per heavy atom. The van der Waals surface area contributed by atoms with Gasteiger partial charge in [0.15, 0.2) is 0 Å². The van der Waals surface area contributed by atoms with Crippen molar-refractivity contribution in [2.75, 3.05) is 12.4 Å². The Bertz CT molecular complexity index is 365. The molecule has 114 valence electrons. The first kappa shape index (κ1) is 19.4. The third kappa shape index (κ3) is 9.29. The van der Waals surface area contributed by atoms with E-state index in [2.05, 4.69) is 20.1 Å². The summed E-state index contributed by atoms with van der Waals surface area (Å²) in [5.74, 6) is 0. The van der Waals surface area contributed by atoms with Crippen LogP contribution in [0.3, 0.4) is 0 Å². The van der Waals surface area contributed by atoms with Gasteiger partial charge in [0.25, 0.3) is 0 Å². The van der Waals surface area contributed by atoms with Crippen molar-refractivity contribution in [3.05, 3.63) is 46.2 Å². The maximum atomic E-state index is 10.1. The topological polar surface area (TPSA) is 52.4 Å². The molecule has 0 amide bonds. The van der Waals surface area contributed by atoms with Gasteiger partial charge in [-0.3, -0.25) is 10.1 Å². The highest BCUT2D eigenvalue weighted by Gasteiger charge is 2.15. The molecule has 0 aromatic rings. The summed E-state index contributed by atoms with van der Waals surface area (Å²) in [6, 6.07) is 0. The molecule has 0 radical (unpaired) electrons. The number of nitrogens with zero attached hydrogens (tertiary/aromatic N) is 1. The average molecular weight is 317 g/mol. The van der Waals surface area contributed by atoms with Crippen LogP contribution in [0.4, 0.5) is 0 Å². The molecule has 0 saturated carbocycles. The second-order valence-electron chi connectivity index (χ2n) is 4.14. The van der Waals surface area contributed by atoms with Crippen molar-refractivity contribution in [1.82, 2.24) is 0 Å². The molecule has 0 saturated heterocycles. The van der Waals surface area contributed by atoms with Crippen molar-refractivity contribution in [1.29, 1.82) is 0 Å². The summed E-state index contributed by atoms with van der Waals surface area (Å²) in [4.78, 5) is 9.65. The number of rotatable bonds is 10. The van der Waals surface area contributed by atoms with E-state index in [1.807, 2.05) is 19.1 Å². The Balaban J connectivity index is 4.61. The molecule has 4 nitrogen and oxygen atoms in total. The van der Waals surface area contributed by atoms with E-state index in [0.717, 1.165) is 30.8 Å². The van der Waals surface area contributed by atoms with Crippen LogP contribution in [0.25, 0.3) is 0 Å². The van der Waals surface area contributed by atoms with E-state index >= 15 is 0 Å². The molecular formula is C14H24NO3PS. The molecule has 0 aromatic heterocycles. The van der Waals surface area contributed by atoms with Crippen LogP contribution in [-0.4, -0.2) is 23.4 Å². The molecule has 0 bridgehead atoms. The first-order valence-corrected chi connectivity index (χ1v) is 9.96. The summed E-state index contributed by atoms with van der Waals surface area (Å²) in [5.41, 5.74) is 1.16. The molecule has 0 fully saturated rings. The quantitative estimate of drug-likeness (QED) is 0.242. The first-order valence-electron chi connectivity index (χ1n) is 6.68. The predicted octanol–water partition coefficient (Wildman–Crippen LogP) is 5.16. The summed E-state index contributed by atoms with van der Waals surface area (Å²) in [7, 11) is -0.421. The lowest BCUT2D eigenvalue weighted by atomic mass is 10.1. The maximum Gasteiger partial charge on any atom is 0.234 e. The number of hydrogen-bond donors (Lipinski definition) is 0. The third-order valence-corrected chi connectivity index (χ3v) is 6.22. The van der Waals surface area contributed by atoms with E-state index in [4.69, 9.17) is 4.52 Å². The van der Waals surface area contributed by atoms with Crippen molar-refractivity contribution in [2.24, 2.45) is 0 Å². The van der Waals surface area contributed by atoms with Gasteiger partial charge in [0.1, 0.15) is 0 Å². The lowest BCUT2D eigenvalue weighted by Gasteiger charge is -2.22. The molecule has 2 atom stereocenters. The van der Waals surface area contributed by atoms with Gasteiger partial charge in [-0.2, -0.15) is 0 Å². The summed E-state index contributed by atoms with van der Waals surface area (Å²) in [5, 5.41) is 10.1. The highest BCUT2D eigenvalue weighted by Crippen LogP contribution is 2.50. The molecule has 0 aromatic carbocycles. The molecular weight excluding hydrogens is 293 g/mol. The monoisotopic (exact) mass is 317 g/mol. The minimum absolute atomic E-state index is 0.141. The van der Waals surface area contributed by atoms with Crippen LogP contribution in [0.1, 0.15) is 33.6 Å². The van der Waals surface area contributed by atoms with Gasteiger partial charge >= 0.3 is 0 Å². The van der Waals surface area contributed by atoms with Gasteiger partial charge in [0.05, 0.1) is 18.4 Å². The standard InChI is InChI=1S/C14H24NO3PS/c1-5-10-14(18-19(6-2)20-4)13(3)11-8-7-9-12-15(16)17/h7-9,11-12,14H,5-6,10H2,1-4H3/b8-7-,12-9+,13-11+. The minimum atomic E-state index is -0.475. The van der Waals surface area contributed by atoms with Crippen LogP contribution < -0.4 is 0 Å². The van der Waals surface area contributed by atoms with Crippen molar-refractivity contribution in [2.45, 2.75) is 39.7 Å². The van der Waals surface area contributed by atoms with Gasteiger partial charge in [-0.15, -0.1) is 11.4 Å². The molecule has 0 spiro atoms. The summed E-state index contributed by atoms with van der Waals surface area (Å²) in [6.07, 6.45) is 13.1. The lowest BCUT2D eigenvalue weighted by molar-refractivity contribution is -0.402. The van der Waals surface area contributed by atoms with Crippen LogP contribution in [0.2, 0.25) is 0 Å². The number of nitro groups is 1. The predicted molar refractivity (Wildman–Crippen MR) is 89.8 cm³/mol. The molecule has 20 heavy (non-hydrogen) atoms. The fraction of sp³-hybridized carbons (Fsp3) is 0.571. The SMILES string of the molecule is CCCC(OP(CC)SC)/C(C)=C/C=C\C=C\[N+](=O)[O-]. The average Bonchev–Trinajstić information content (AvgIpc) is 2.42. The molecule has 0 aliphatic carbocycles. The van der Waals surface area contributed by atoms with Crippen molar-refractivity contribution < 1.29 is 9.45 Å². The van der Waals surface area contributed by atoms with Gasteiger partial charge in [0.2, 0.25) is 6.20 Å². The van der Waals surface area contributed by atoms with E-state index in [1.54, 1.807) is 17.5 Å². The van der Waals surface area contributed by atoms with E-state index in [-0.39, 0.29) is 6.10 Å². The third-order valence-electron chi connectivity index (χ3n) is 2.55. The summed E-state index contributed by atoms with van der Waals surface area (Å²) >= 11 is 1.79. The van der Waals surface area contributed by atoms with E-state index in [9.17, 15) is 10.1 Å². The molecule has 0 rings (SSSR count). The Hall–Kier alpha value is -0.640. The van der Waals surface area contributed by atoms with E-state index in [0.29, 0.717) is 0 Å². The zero-order valence-corrected chi connectivity index (χ0v) is 14.3. The molecule has 0 aliphatic heterocycles. The Morgan fingerprint density at radius 3 is 2.60 bits per heavy atom. The van der Waals surface area contributed by atoms with Gasteiger partial charge < -0.3 is 4.52 Å². The second kappa shape index (κ2) is 12.1. The zero-order chi connectivity index (χ0) is 15.4. The minimum Gasteiger partial charge on any atom is -0.341 e. The fourth-order valence-corrected chi connectivity index (χ4v) is 3.91. The second-order valence-corrected chi connectivity index (χ2v) is 8.33. The van der Waals surface area contributed by atoms with Crippen LogP contribution in [-0.2, 0) is 4.52 Å². The van der Waals surface area contributed by atoms with Gasteiger partial charge in [-0.1, -0.05) is 38.5 Å². The Morgan fingerprint density at radius 1 is 1.40 bits per heavy atom. The smallest absolute Gasteiger partial charge is 0.234 e. The lowest BCUT2D eigenvalue weighted by Crippen LogP contribution is -2.11. The Labute approximate surface area is 127 Å². The molecule has 0 aliphatic rings. The van der Waals surface area contributed by atoms with Gasteiger partial charge in [0, 0.05) is 6.08 Å². The highest BCUT2D eigenvalue weighted by atomic mass is 32.7. The van der Waals surface area contributed by atoms with Crippen molar-refractivity contribution >= 4 is 18.7 Å². The summed E-state index contributed by atoms with van der Waals surface area (Å²) in [6.45, 7) is 6.34. The first-order chi connectivity index (χ1) is 9.54. The number of allylic oxidation sites excluding steroid dienone is 4. The maximum absolute atomic E-state index is 10.1.